The molecule has 0 aliphatic rings. The van der Waals surface area contributed by atoms with Crippen molar-refractivity contribution in [2.45, 2.75) is 0 Å². The molecule has 1 aromatic rings. The van der Waals surface area contributed by atoms with Crippen LogP contribution in [0.5, 0.6) is 0 Å². The van der Waals surface area contributed by atoms with E-state index in [4.69, 9.17) is 5.41 Å². The Morgan fingerprint density at radius 2 is 2.10 bits per heavy atom. The average molecular weight is 133 g/mol. The predicted octanol–water partition coefficient (Wildman–Crippen LogP) is 1.03. The fraction of sp³-hybridized carbons (Fsp3) is 0.125. The molecule has 0 aliphatic carbocycles. The van der Waals surface area contributed by atoms with Crippen LogP contribution in [0.25, 0.3) is 0 Å². The Hall–Kier alpha value is -1.31. The lowest BCUT2D eigenvalue weighted by molar-refractivity contribution is 1.14. The minimum absolute atomic E-state index is 0.439. The van der Waals surface area contributed by atoms with Gasteiger partial charge in [0.15, 0.2) is 0 Å². The third-order valence-electron chi connectivity index (χ3n) is 1.26. The molecule has 2 heteroatoms. The highest BCUT2D eigenvalue weighted by Gasteiger charge is 1.93. The normalized spacial score (nSPS) is 8.90. The number of hydrogen-bond donors (Lipinski definition) is 2. The Morgan fingerprint density at radius 1 is 1.50 bits per heavy atom. The van der Waals surface area contributed by atoms with Crippen molar-refractivity contribution in [1.29, 1.82) is 5.41 Å². The zero-order valence-corrected chi connectivity index (χ0v) is 5.81. The summed E-state index contributed by atoms with van der Waals surface area (Å²) in [5.41, 5.74) is 0.890. The summed E-state index contributed by atoms with van der Waals surface area (Å²) in [4.78, 5) is 0. The third-order valence-corrected chi connectivity index (χ3v) is 1.26. The van der Waals surface area contributed by atoms with E-state index in [9.17, 15) is 0 Å². The average Bonchev–Trinajstić information content (AvgIpc) is 2.05. The molecule has 0 spiro atoms. The number of nitrogens with one attached hydrogen (secondary N) is 2. The van der Waals surface area contributed by atoms with Gasteiger partial charge in [0.25, 0.3) is 0 Å². The summed E-state index contributed by atoms with van der Waals surface area (Å²) in [7, 11) is 1.74. The molecule has 0 heterocycles. The maximum Gasteiger partial charge on any atom is 0.125 e. The zero-order valence-electron chi connectivity index (χ0n) is 5.81. The second-order valence-corrected chi connectivity index (χ2v) is 1.91. The SMILES string of the molecule is CNC(=N)c1cc[c]cc1. The van der Waals surface area contributed by atoms with E-state index in [2.05, 4.69) is 11.4 Å². The van der Waals surface area contributed by atoms with Crippen LogP contribution in [-0.2, 0) is 0 Å². The molecule has 51 valence electrons. The highest BCUT2D eigenvalue weighted by molar-refractivity contribution is 5.95. The molecule has 1 aromatic carbocycles. The lowest BCUT2D eigenvalue weighted by Crippen LogP contribution is -2.17. The van der Waals surface area contributed by atoms with Crippen LogP contribution in [-0.4, -0.2) is 12.9 Å². The van der Waals surface area contributed by atoms with Crippen LogP contribution in [0.1, 0.15) is 5.56 Å². The highest BCUT2D eigenvalue weighted by Crippen LogP contribution is 1.95. The van der Waals surface area contributed by atoms with Crippen molar-refractivity contribution >= 4 is 5.84 Å². The molecule has 2 N–H and O–H groups in total. The van der Waals surface area contributed by atoms with Crippen molar-refractivity contribution < 1.29 is 0 Å². The standard InChI is InChI=1S/C8H9N2/c1-10-8(9)7-5-3-2-4-6-7/h3-6H,1H3,(H2,9,10). The van der Waals surface area contributed by atoms with Gasteiger partial charge < -0.3 is 5.32 Å². The summed E-state index contributed by atoms with van der Waals surface area (Å²) < 4.78 is 0. The third kappa shape index (κ3) is 1.35. The second-order valence-electron chi connectivity index (χ2n) is 1.91. The number of hydrogen-bond acceptors (Lipinski definition) is 1. The van der Waals surface area contributed by atoms with Gasteiger partial charge in [-0.1, -0.05) is 24.3 Å². The maximum atomic E-state index is 7.35. The van der Waals surface area contributed by atoms with Gasteiger partial charge in [0, 0.05) is 12.6 Å². The second kappa shape index (κ2) is 3.01. The molecule has 0 atom stereocenters. The van der Waals surface area contributed by atoms with Gasteiger partial charge in [0.1, 0.15) is 5.84 Å². The molecule has 0 aromatic heterocycles. The van der Waals surface area contributed by atoms with Crippen LogP contribution in [0, 0.1) is 11.5 Å². The van der Waals surface area contributed by atoms with Crippen LogP contribution in [0.15, 0.2) is 24.3 Å². The van der Waals surface area contributed by atoms with Crippen LogP contribution in [0.3, 0.4) is 0 Å². The summed E-state index contributed by atoms with van der Waals surface area (Å²) in [5.74, 6) is 0.439. The number of amidine groups is 1. The molecule has 0 unspecified atom stereocenters. The first-order valence-corrected chi connectivity index (χ1v) is 3.07. The molecule has 0 saturated carbocycles. The molecule has 1 radical (unpaired) electrons. The zero-order chi connectivity index (χ0) is 7.40. The molecule has 10 heavy (non-hydrogen) atoms. The number of rotatable bonds is 1. The van der Waals surface area contributed by atoms with Gasteiger partial charge in [0.2, 0.25) is 0 Å². The van der Waals surface area contributed by atoms with E-state index in [1.165, 1.54) is 0 Å². The fourth-order valence-electron chi connectivity index (χ4n) is 0.698. The van der Waals surface area contributed by atoms with E-state index in [1.807, 2.05) is 12.1 Å². The van der Waals surface area contributed by atoms with E-state index in [-0.39, 0.29) is 0 Å². The molecular formula is C8H9N2. The van der Waals surface area contributed by atoms with Crippen LogP contribution >= 0.6 is 0 Å². The van der Waals surface area contributed by atoms with Crippen molar-refractivity contribution in [3.63, 3.8) is 0 Å². The smallest absolute Gasteiger partial charge is 0.125 e. The largest absolute Gasteiger partial charge is 0.373 e. The van der Waals surface area contributed by atoms with Gasteiger partial charge >= 0.3 is 0 Å². The Kier molecular flexibility index (Phi) is 2.05. The molecule has 0 saturated heterocycles. The molecule has 2 nitrogen and oxygen atoms in total. The van der Waals surface area contributed by atoms with Gasteiger partial charge in [-0.25, -0.2) is 0 Å². The van der Waals surface area contributed by atoms with Crippen molar-refractivity contribution in [1.82, 2.24) is 5.32 Å². The van der Waals surface area contributed by atoms with Gasteiger partial charge in [-0.2, -0.15) is 0 Å². The Balaban J connectivity index is 2.85. The summed E-state index contributed by atoms with van der Waals surface area (Å²) in [6, 6.07) is 10.2. The van der Waals surface area contributed by atoms with E-state index < -0.39 is 0 Å². The molecule has 0 bridgehead atoms. The molecular weight excluding hydrogens is 124 g/mol. The minimum atomic E-state index is 0.439. The topological polar surface area (TPSA) is 35.9 Å². The van der Waals surface area contributed by atoms with Gasteiger partial charge in [0.05, 0.1) is 0 Å². The van der Waals surface area contributed by atoms with E-state index in [0.29, 0.717) is 5.84 Å². The highest BCUT2D eigenvalue weighted by atomic mass is 14.9. The Morgan fingerprint density at radius 3 is 2.60 bits per heavy atom. The van der Waals surface area contributed by atoms with Gasteiger partial charge in [-0.15, -0.1) is 0 Å². The van der Waals surface area contributed by atoms with Crippen molar-refractivity contribution in [3.8, 4) is 0 Å². The lowest BCUT2D eigenvalue weighted by atomic mass is 10.2. The predicted molar refractivity (Wildman–Crippen MR) is 41.2 cm³/mol. The lowest BCUT2D eigenvalue weighted by Gasteiger charge is -1.99. The Labute approximate surface area is 60.4 Å². The maximum absolute atomic E-state index is 7.35. The van der Waals surface area contributed by atoms with Crippen LogP contribution in [0.2, 0.25) is 0 Å². The van der Waals surface area contributed by atoms with Crippen LogP contribution < -0.4 is 5.32 Å². The first-order chi connectivity index (χ1) is 4.84. The molecule has 0 amide bonds. The van der Waals surface area contributed by atoms with Gasteiger partial charge in [-0.3, -0.25) is 5.41 Å². The van der Waals surface area contributed by atoms with Crippen molar-refractivity contribution in [3.05, 3.63) is 35.9 Å². The minimum Gasteiger partial charge on any atom is -0.373 e. The summed E-state index contributed by atoms with van der Waals surface area (Å²) in [6.07, 6.45) is 0. The van der Waals surface area contributed by atoms with E-state index in [1.54, 1.807) is 19.2 Å². The first kappa shape index (κ1) is 6.81. The quantitative estimate of drug-likeness (QED) is 0.435. The monoisotopic (exact) mass is 133 g/mol. The Bertz CT molecular complexity index is 216. The van der Waals surface area contributed by atoms with Crippen LogP contribution in [0.4, 0.5) is 0 Å². The molecule has 0 fully saturated rings. The number of benzene rings is 1. The van der Waals surface area contributed by atoms with E-state index in [0.717, 1.165) is 5.56 Å². The van der Waals surface area contributed by atoms with Crippen molar-refractivity contribution in [2.24, 2.45) is 0 Å². The summed E-state index contributed by atoms with van der Waals surface area (Å²) in [6.45, 7) is 0. The fourth-order valence-corrected chi connectivity index (χ4v) is 0.698. The summed E-state index contributed by atoms with van der Waals surface area (Å²) in [5, 5.41) is 10.1. The summed E-state index contributed by atoms with van der Waals surface area (Å²) >= 11 is 0. The van der Waals surface area contributed by atoms with Crippen molar-refractivity contribution in [2.75, 3.05) is 7.05 Å². The first-order valence-electron chi connectivity index (χ1n) is 3.07. The van der Waals surface area contributed by atoms with E-state index >= 15 is 0 Å². The molecule has 1 rings (SSSR count). The van der Waals surface area contributed by atoms with Gasteiger partial charge in [-0.05, 0) is 6.07 Å². The molecule has 0 aliphatic heterocycles.